The zero-order valence-electron chi connectivity index (χ0n) is 8.81. The number of methoxy groups -OCH3 is 1. The van der Waals surface area contributed by atoms with Crippen molar-refractivity contribution in [2.75, 3.05) is 24.2 Å². The third-order valence-corrected chi connectivity index (χ3v) is 3.32. The van der Waals surface area contributed by atoms with Gasteiger partial charge in [0.25, 0.3) is 0 Å². The van der Waals surface area contributed by atoms with Crippen molar-refractivity contribution in [3.63, 3.8) is 0 Å². The van der Waals surface area contributed by atoms with Crippen LogP contribution >= 0.6 is 11.6 Å². The van der Waals surface area contributed by atoms with Crippen LogP contribution in [-0.4, -0.2) is 32.9 Å². The van der Waals surface area contributed by atoms with Gasteiger partial charge in [-0.3, -0.25) is 4.72 Å². The van der Waals surface area contributed by atoms with Gasteiger partial charge in [-0.1, -0.05) is 11.6 Å². The molecule has 5 nitrogen and oxygen atoms in total. The summed E-state index contributed by atoms with van der Waals surface area (Å²) in [5, 5.41) is 0.435. The Labute approximate surface area is 99.8 Å². The van der Waals surface area contributed by atoms with E-state index in [0.29, 0.717) is 18.1 Å². The summed E-state index contributed by atoms with van der Waals surface area (Å²) in [7, 11) is -1.85. The van der Waals surface area contributed by atoms with E-state index in [9.17, 15) is 8.42 Å². The van der Waals surface area contributed by atoms with Gasteiger partial charge >= 0.3 is 0 Å². The van der Waals surface area contributed by atoms with E-state index in [0.717, 1.165) is 0 Å². The van der Waals surface area contributed by atoms with Crippen LogP contribution < -0.4 is 4.72 Å². The molecule has 7 heteroatoms. The lowest BCUT2D eigenvalue weighted by Gasteiger charge is -2.06. The Morgan fingerprint density at radius 2 is 2.31 bits per heavy atom. The largest absolute Gasteiger partial charge is 0.385 e. The van der Waals surface area contributed by atoms with Crippen molar-refractivity contribution >= 4 is 27.4 Å². The first-order valence-electron chi connectivity index (χ1n) is 4.64. The number of hydrogen-bond acceptors (Lipinski definition) is 4. The van der Waals surface area contributed by atoms with Crippen molar-refractivity contribution in [3.05, 3.63) is 23.4 Å². The van der Waals surface area contributed by atoms with Gasteiger partial charge in [0.15, 0.2) is 0 Å². The van der Waals surface area contributed by atoms with Gasteiger partial charge in [0.2, 0.25) is 10.0 Å². The molecule has 0 saturated heterocycles. The molecule has 0 unspecified atom stereocenters. The molecule has 0 amide bonds. The molecule has 0 aliphatic carbocycles. The van der Waals surface area contributed by atoms with E-state index < -0.39 is 10.0 Å². The lowest BCUT2D eigenvalue weighted by atomic mass is 10.5. The first-order valence-corrected chi connectivity index (χ1v) is 6.67. The molecule has 90 valence electrons. The summed E-state index contributed by atoms with van der Waals surface area (Å²) in [6.07, 6.45) is 1.88. The minimum atomic E-state index is -3.37. The van der Waals surface area contributed by atoms with Crippen molar-refractivity contribution in [1.82, 2.24) is 4.98 Å². The highest BCUT2D eigenvalue weighted by molar-refractivity contribution is 7.92. The lowest BCUT2D eigenvalue weighted by Crippen LogP contribution is -2.18. The molecular formula is C9H13ClN2O3S. The van der Waals surface area contributed by atoms with Gasteiger partial charge in [0.1, 0.15) is 5.82 Å². The molecule has 1 rings (SSSR count). The Morgan fingerprint density at radius 1 is 1.56 bits per heavy atom. The van der Waals surface area contributed by atoms with E-state index >= 15 is 0 Å². The Morgan fingerprint density at radius 3 is 2.94 bits per heavy atom. The minimum Gasteiger partial charge on any atom is -0.385 e. The molecule has 1 aromatic heterocycles. The highest BCUT2D eigenvalue weighted by Crippen LogP contribution is 2.13. The molecule has 0 atom stereocenters. The summed E-state index contributed by atoms with van der Waals surface area (Å²) in [6.45, 7) is 0.407. The number of ether oxygens (including phenoxy) is 1. The van der Waals surface area contributed by atoms with Crippen molar-refractivity contribution in [2.45, 2.75) is 6.42 Å². The highest BCUT2D eigenvalue weighted by Gasteiger charge is 2.10. The van der Waals surface area contributed by atoms with Crippen LogP contribution in [0.3, 0.4) is 0 Å². The molecule has 16 heavy (non-hydrogen) atoms. The number of anilines is 1. The average molecular weight is 265 g/mol. The van der Waals surface area contributed by atoms with Gasteiger partial charge in [-0.15, -0.1) is 0 Å². The van der Waals surface area contributed by atoms with Crippen molar-refractivity contribution < 1.29 is 13.2 Å². The number of sulfonamides is 1. The van der Waals surface area contributed by atoms with Gasteiger partial charge in [-0.05, 0) is 12.5 Å². The van der Waals surface area contributed by atoms with E-state index in [1.54, 1.807) is 6.07 Å². The van der Waals surface area contributed by atoms with Crippen LogP contribution in [-0.2, 0) is 14.8 Å². The maximum Gasteiger partial charge on any atom is 0.233 e. The van der Waals surface area contributed by atoms with Crippen LogP contribution in [0.15, 0.2) is 18.3 Å². The molecule has 0 radical (unpaired) electrons. The van der Waals surface area contributed by atoms with Crippen LogP contribution in [0.1, 0.15) is 6.42 Å². The van der Waals surface area contributed by atoms with Crippen LogP contribution in [0.5, 0.6) is 0 Å². The molecule has 1 aromatic rings. The molecule has 0 saturated carbocycles. The first-order chi connectivity index (χ1) is 7.53. The molecule has 1 heterocycles. The number of pyridine rings is 1. The molecule has 0 aliphatic heterocycles. The number of hydrogen-bond donors (Lipinski definition) is 1. The Hall–Kier alpha value is -0.850. The minimum absolute atomic E-state index is 0.00493. The summed E-state index contributed by atoms with van der Waals surface area (Å²) in [5.41, 5.74) is 0. The lowest BCUT2D eigenvalue weighted by molar-refractivity contribution is 0.199. The second-order valence-electron chi connectivity index (χ2n) is 3.13. The molecular weight excluding hydrogens is 252 g/mol. The predicted octanol–water partition coefficient (Wildman–Crippen LogP) is 1.51. The van der Waals surface area contributed by atoms with E-state index in [2.05, 4.69) is 9.71 Å². The Balaban J connectivity index is 2.59. The third-order valence-electron chi connectivity index (χ3n) is 1.74. The molecule has 0 fully saturated rings. The second kappa shape index (κ2) is 6.03. The molecule has 0 aromatic carbocycles. The summed E-state index contributed by atoms with van der Waals surface area (Å²) < 4.78 is 30.2. The third kappa shape index (κ3) is 4.78. The van der Waals surface area contributed by atoms with E-state index in [-0.39, 0.29) is 11.6 Å². The maximum atomic E-state index is 11.5. The van der Waals surface area contributed by atoms with Gasteiger partial charge in [-0.25, -0.2) is 13.4 Å². The average Bonchev–Trinajstić information content (AvgIpc) is 2.17. The topological polar surface area (TPSA) is 68.3 Å². The van der Waals surface area contributed by atoms with Gasteiger partial charge in [0.05, 0.1) is 5.75 Å². The first kappa shape index (κ1) is 13.2. The van der Waals surface area contributed by atoms with Gasteiger partial charge in [-0.2, -0.15) is 0 Å². The van der Waals surface area contributed by atoms with Crippen molar-refractivity contribution in [3.8, 4) is 0 Å². The summed E-state index contributed by atoms with van der Waals surface area (Å²) in [5.74, 6) is 0.222. The number of nitrogens with one attached hydrogen (secondary N) is 1. The van der Waals surface area contributed by atoms with E-state index in [1.165, 1.54) is 19.4 Å². The number of halogens is 1. The molecule has 1 N–H and O–H groups in total. The zero-order chi connectivity index (χ0) is 12.0. The summed E-state index contributed by atoms with van der Waals surface area (Å²) in [4.78, 5) is 3.85. The fraction of sp³-hybridized carbons (Fsp3) is 0.444. The number of rotatable bonds is 6. The Bertz CT molecular complexity index is 436. The fourth-order valence-electron chi connectivity index (χ4n) is 1.06. The van der Waals surface area contributed by atoms with Crippen LogP contribution in [0.4, 0.5) is 5.82 Å². The monoisotopic (exact) mass is 264 g/mol. The second-order valence-corrected chi connectivity index (χ2v) is 5.40. The molecule has 0 spiro atoms. The van der Waals surface area contributed by atoms with Gasteiger partial charge < -0.3 is 4.74 Å². The summed E-state index contributed by atoms with van der Waals surface area (Å²) in [6, 6.07) is 3.03. The van der Waals surface area contributed by atoms with Crippen molar-refractivity contribution in [2.24, 2.45) is 0 Å². The number of nitrogens with zero attached hydrogens (tertiary/aromatic N) is 1. The van der Waals surface area contributed by atoms with Crippen molar-refractivity contribution in [1.29, 1.82) is 0 Å². The zero-order valence-corrected chi connectivity index (χ0v) is 10.4. The quantitative estimate of drug-likeness (QED) is 0.791. The molecule has 0 bridgehead atoms. The van der Waals surface area contributed by atoms with Crippen LogP contribution in [0.2, 0.25) is 5.02 Å². The predicted molar refractivity (Wildman–Crippen MR) is 63.1 cm³/mol. The highest BCUT2D eigenvalue weighted by atomic mass is 35.5. The normalized spacial score (nSPS) is 11.4. The standard InChI is InChI=1S/C9H13ClN2O3S/c1-15-5-2-6-16(13,14)12-9-7-8(10)3-4-11-9/h3-4,7H,2,5-6H2,1H3,(H,11,12). The van der Waals surface area contributed by atoms with Crippen LogP contribution in [0, 0.1) is 0 Å². The Kier molecular flexibility index (Phi) is 4.98. The van der Waals surface area contributed by atoms with E-state index in [1.807, 2.05) is 0 Å². The van der Waals surface area contributed by atoms with E-state index in [4.69, 9.17) is 16.3 Å². The summed E-state index contributed by atoms with van der Waals surface area (Å²) >= 11 is 5.71. The fourth-order valence-corrected chi connectivity index (χ4v) is 2.25. The van der Waals surface area contributed by atoms with Gasteiger partial charge in [0, 0.05) is 31.0 Å². The number of aromatic nitrogens is 1. The smallest absolute Gasteiger partial charge is 0.233 e. The van der Waals surface area contributed by atoms with Crippen LogP contribution in [0.25, 0.3) is 0 Å². The SMILES string of the molecule is COCCCS(=O)(=O)Nc1cc(Cl)ccn1. The maximum absolute atomic E-state index is 11.5. The molecule has 0 aliphatic rings.